The second-order valence-electron chi connectivity index (χ2n) is 6.38. The van der Waals surface area contributed by atoms with E-state index in [9.17, 15) is 8.42 Å². The molecule has 0 spiro atoms. The molecule has 0 bridgehead atoms. The number of sulfone groups is 1. The van der Waals surface area contributed by atoms with Crippen LogP contribution >= 0.6 is 0 Å². The normalized spacial score (nSPS) is 11.6. The van der Waals surface area contributed by atoms with E-state index >= 15 is 0 Å². The fraction of sp³-hybridized carbons (Fsp3) is 0.100. The van der Waals surface area contributed by atoms with Crippen LogP contribution < -0.4 is 5.32 Å². The van der Waals surface area contributed by atoms with Gasteiger partial charge in [-0.15, -0.1) is 0 Å². The Bertz CT molecular complexity index is 1230. The molecule has 0 unspecified atom stereocenters. The van der Waals surface area contributed by atoms with Crippen LogP contribution in [0.5, 0.6) is 0 Å². The Kier molecular flexibility index (Phi) is 4.16. The summed E-state index contributed by atoms with van der Waals surface area (Å²) in [6.45, 7) is 0. The lowest BCUT2D eigenvalue weighted by atomic mass is 10.2. The van der Waals surface area contributed by atoms with E-state index in [-0.39, 0.29) is 4.90 Å². The Labute approximate surface area is 157 Å². The van der Waals surface area contributed by atoms with Crippen LogP contribution in [0.2, 0.25) is 0 Å². The van der Waals surface area contributed by atoms with Crippen molar-refractivity contribution in [3.63, 3.8) is 0 Å². The minimum atomic E-state index is -3.26. The number of fused-ring (bicyclic) bond motifs is 1. The zero-order chi connectivity index (χ0) is 19.0. The molecular weight excluding hydrogens is 360 g/mol. The summed E-state index contributed by atoms with van der Waals surface area (Å²) in [7, 11) is -1.26. The highest BCUT2D eigenvalue weighted by Crippen LogP contribution is 2.28. The standard InChI is InChI=1S/C20H18N4O2S/c1-24-18(14-5-4-8-21-12-14)9-15-13-22-20(11-19(15)24)23-16-6-3-7-17(10-16)27(2,25)26/h3-13H,1-2H3,(H,22,23). The van der Waals surface area contributed by atoms with Gasteiger partial charge in [-0.25, -0.2) is 13.4 Å². The van der Waals surface area contributed by atoms with Crippen LogP contribution in [0.1, 0.15) is 0 Å². The summed E-state index contributed by atoms with van der Waals surface area (Å²) in [5.74, 6) is 0.645. The number of hydrogen-bond donors (Lipinski definition) is 1. The molecule has 3 aromatic heterocycles. The van der Waals surface area contributed by atoms with Gasteiger partial charge in [0, 0.05) is 54.6 Å². The number of anilines is 2. The maximum atomic E-state index is 11.7. The van der Waals surface area contributed by atoms with Crippen molar-refractivity contribution in [3.05, 3.63) is 67.1 Å². The van der Waals surface area contributed by atoms with Gasteiger partial charge < -0.3 is 9.88 Å². The Balaban J connectivity index is 1.71. The van der Waals surface area contributed by atoms with Gasteiger partial charge in [0.25, 0.3) is 0 Å². The number of rotatable bonds is 4. The molecule has 7 heteroatoms. The predicted molar refractivity (Wildman–Crippen MR) is 107 cm³/mol. The van der Waals surface area contributed by atoms with E-state index in [2.05, 4.69) is 25.9 Å². The number of aryl methyl sites for hydroxylation is 1. The van der Waals surface area contributed by atoms with Crippen molar-refractivity contribution in [2.75, 3.05) is 11.6 Å². The molecule has 3 heterocycles. The zero-order valence-electron chi connectivity index (χ0n) is 14.9. The molecule has 1 N–H and O–H groups in total. The SMILES string of the molecule is Cn1c(-c2cccnc2)cc2cnc(Nc3cccc(S(C)(=O)=O)c3)cc21. The molecule has 0 aliphatic rings. The minimum Gasteiger partial charge on any atom is -0.343 e. The maximum absolute atomic E-state index is 11.7. The van der Waals surface area contributed by atoms with Crippen LogP contribution in [0.15, 0.2) is 72.0 Å². The Morgan fingerprint density at radius 3 is 2.63 bits per heavy atom. The topological polar surface area (TPSA) is 76.9 Å². The smallest absolute Gasteiger partial charge is 0.175 e. The fourth-order valence-corrected chi connectivity index (χ4v) is 3.71. The van der Waals surface area contributed by atoms with Crippen LogP contribution in [0.3, 0.4) is 0 Å². The third-order valence-electron chi connectivity index (χ3n) is 4.42. The highest BCUT2D eigenvalue weighted by atomic mass is 32.2. The number of nitrogens with zero attached hydrogens (tertiary/aromatic N) is 3. The first kappa shape index (κ1) is 17.2. The second kappa shape index (κ2) is 6.51. The van der Waals surface area contributed by atoms with Crippen molar-refractivity contribution in [3.8, 4) is 11.3 Å². The zero-order valence-corrected chi connectivity index (χ0v) is 15.7. The van der Waals surface area contributed by atoms with Gasteiger partial charge in [0.1, 0.15) is 5.82 Å². The van der Waals surface area contributed by atoms with E-state index in [4.69, 9.17) is 0 Å². The molecule has 1 aromatic carbocycles. The molecule has 0 saturated carbocycles. The molecule has 136 valence electrons. The average molecular weight is 378 g/mol. The molecule has 0 saturated heterocycles. The van der Waals surface area contributed by atoms with Gasteiger partial charge in [-0.05, 0) is 36.4 Å². The van der Waals surface area contributed by atoms with E-state index in [1.807, 2.05) is 37.5 Å². The minimum absolute atomic E-state index is 0.270. The summed E-state index contributed by atoms with van der Waals surface area (Å²) < 4.78 is 25.6. The van der Waals surface area contributed by atoms with E-state index in [1.165, 1.54) is 6.26 Å². The van der Waals surface area contributed by atoms with Gasteiger partial charge in [-0.3, -0.25) is 4.98 Å². The Morgan fingerprint density at radius 2 is 1.89 bits per heavy atom. The highest BCUT2D eigenvalue weighted by Gasteiger charge is 2.11. The molecule has 0 aliphatic heterocycles. The third kappa shape index (κ3) is 3.41. The Morgan fingerprint density at radius 1 is 1.04 bits per heavy atom. The van der Waals surface area contributed by atoms with Crippen molar-refractivity contribution in [1.82, 2.24) is 14.5 Å². The first-order valence-corrected chi connectivity index (χ1v) is 10.2. The quantitative estimate of drug-likeness (QED) is 0.585. The van der Waals surface area contributed by atoms with Crippen molar-refractivity contribution in [2.24, 2.45) is 7.05 Å². The molecule has 6 nitrogen and oxygen atoms in total. The van der Waals surface area contributed by atoms with Crippen molar-refractivity contribution >= 4 is 32.2 Å². The molecule has 0 aliphatic carbocycles. The molecule has 0 radical (unpaired) electrons. The van der Waals surface area contributed by atoms with Gasteiger partial charge in [-0.1, -0.05) is 6.07 Å². The first-order valence-electron chi connectivity index (χ1n) is 8.35. The van der Waals surface area contributed by atoms with E-state index < -0.39 is 9.84 Å². The van der Waals surface area contributed by atoms with Gasteiger partial charge in [-0.2, -0.15) is 0 Å². The van der Waals surface area contributed by atoms with Crippen molar-refractivity contribution < 1.29 is 8.42 Å². The predicted octanol–water partition coefficient (Wildman–Crippen LogP) is 3.78. The largest absolute Gasteiger partial charge is 0.343 e. The summed E-state index contributed by atoms with van der Waals surface area (Å²) in [6, 6.07) is 14.7. The van der Waals surface area contributed by atoms with Gasteiger partial charge in [0.05, 0.1) is 16.1 Å². The van der Waals surface area contributed by atoms with Crippen molar-refractivity contribution in [2.45, 2.75) is 4.90 Å². The third-order valence-corrected chi connectivity index (χ3v) is 5.53. The summed E-state index contributed by atoms with van der Waals surface area (Å²) >= 11 is 0. The molecule has 4 aromatic rings. The van der Waals surface area contributed by atoms with Gasteiger partial charge in [0.15, 0.2) is 9.84 Å². The molecule has 4 rings (SSSR count). The Hall–Kier alpha value is -3.19. The first-order chi connectivity index (χ1) is 12.9. The van der Waals surface area contributed by atoms with Gasteiger partial charge in [0.2, 0.25) is 0 Å². The van der Waals surface area contributed by atoms with Gasteiger partial charge >= 0.3 is 0 Å². The number of nitrogens with one attached hydrogen (secondary N) is 1. The molecule has 0 atom stereocenters. The average Bonchev–Trinajstić information content (AvgIpc) is 2.98. The van der Waals surface area contributed by atoms with Crippen LogP contribution in [-0.2, 0) is 16.9 Å². The van der Waals surface area contributed by atoms with Crippen LogP contribution in [0.25, 0.3) is 22.2 Å². The van der Waals surface area contributed by atoms with Crippen LogP contribution in [-0.4, -0.2) is 29.2 Å². The maximum Gasteiger partial charge on any atom is 0.175 e. The lowest BCUT2D eigenvalue weighted by Gasteiger charge is -2.08. The summed E-state index contributed by atoms with van der Waals surface area (Å²) in [5, 5.41) is 4.20. The number of benzene rings is 1. The molecule has 0 amide bonds. The van der Waals surface area contributed by atoms with E-state index in [0.29, 0.717) is 11.5 Å². The van der Waals surface area contributed by atoms with E-state index in [1.54, 1.807) is 30.6 Å². The summed E-state index contributed by atoms with van der Waals surface area (Å²) in [5.41, 5.74) is 3.78. The number of aromatic nitrogens is 3. The molecule has 27 heavy (non-hydrogen) atoms. The molecule has 0 fully saturated rings. The highest BCUT2D eigenvalue weighted by molar-refractivity contribution is 7.90. The van der Waals surface area contributed by atoms with Crippen LogP contribution in [0.4, 0.5) is 11.5 Å². The summed E-state index contributed by atoms with van der Waals surface area (Å²) in [6.07, 6.45) is 6.58. The fourth-order valence-electron chi connectivity index (χ4n) is 3.04. The number of hydrogen-bond acceptors (Lipinski definition) is 5. The van der Waals surface area contributed by atoms with Crippen LogP contribution in [0, 0.1) is 0 Å². The van der Waals surface area contributed by atoms with E-state index in [0.717, 1.165) is 22.2 Å². The number of pyridine rings is 2. The lowest BCUT2D eigenvalue weighted by Crippen LogP contribution is -1.99. The lowest BCUT2D eigenvalue weighted by molar-refractivity contribution is 0.602. The second-order valence-corrected chi connectivity index (χ2v) is 8.40. The monoisotopic (exact) mass is 378 g/mol. The van der Waals surface area contributed by atoms with Crippen molar-refractivity contribution in [1.29, 1.82) is 0 Å². The molecular formula is C20H18N4O2S. The summed E-state index contributed by atoms with van der Waals surface area (Å²) in [4.78, 5) is 8.91.